The van der Waals surface area contributed by atoms with Gasteiger partial charge in [-0.05, 0) is 48.4 Å². The summed E-state index contributed by atoms with van der Waals surface area (Å²) in [6.45, 7) is 2.95. The van der Waals surface area contributed by atoms with Gasteiger partial charge >= 0.3 is 6.09 Å². The maximum Gasteiger partial charge on any atom is 0.409 e. The number of carbonyl (C=O) groups is 1. The number of hydrogen-bond acceptors (Lipinski definition) is 5. The summed E-state index contributed by atoms with van der Waals surface area (Å²) in [4.78, 5) is 18.1. The van der Waals surface area contributed by atoms with Crippen LogP contribution in [-0.4, -0.2) is 52.0 Å². The minimum absolute atomic E-state index is 0.134. The number of carbonyl (C=O) groups excluding carboxylic acids is 1. The molecule has 7 heteroatoms. The number of likely N-dealkylation sites (N-methyl/N-ethyl adjacent to an activating group) is 1. The third-order valence-electron chi connectivity index (χ3n) is 6.11. The van der Waals surface area contributed by atoms with Crippen LogP contribution < -0.4 is 4.74 Å². The van der Waals surface area contributed by atoms with Crippen molar-refractivity contribution in [2.75, 3.05) is 20.2 Å². The Morgan fingerprint density at radius 3 is 2.64 bits per heavy atom. The largest absolute Gasteiger partial charge is 0.487 e. The molecule has 0 bridgehead atoms. The third kappa shape index (κ3) is 6.23. The summed E-state index contributed by atoms with van der Waals surface area (Å²) in [6, 6.07) is 23.1. The number of aromatic nitrogens is 2. The zero-order chi connectivity index (χ0) is 25.3. The lowest BCUT2D eigenvalue weighted by atomic mass is 10.0. The summed E-state index contributed by atoms with van der Waals surface area (Å²) in [5, 5.41) is 12.3. The van der Waals surface area contributed by atoms with Crippen molar-refractivity contribution in [3.63, 3.8) is 0 Å². The van der Waals surface area contributed by atoms with Crippen molar-refractivity contribution in [3.8, 4) is 5.75 Å². The Morgan fingerprint density at radius 2 is 1.89 bits per heavy atom. The molecule has 1 N–H and O–H groups in total. The molecule has 0 saturated heterocycles. The Morgan fingerprint density at radius 1 is 1.08 bits per heavy atom. The first-order valence-electron chi connectivity index (χ1n) is 12.3. The van der Waals surface area contributed by atoms with E-state index in [1.165, 1.54) is 4.90 Å². The highest BCUT2D eigenvalue weighted by Crippen LogP contribution is 2.30. The first kappa shape index (κ1) is 25.3. The van der Waals surface area contributed by atoms with Crippen LogP contribution in [0.15, 0.2) is 85.2 Å². The van der Waals surface area contributed by atoms with Gasteiger partial charge in [-0.15, -0.1) is 0 Å². The second-order valence-corrected chi connectivity index (χ2v) is 8.82. The number of amides is 1. The molecule has 0 aliphatic carbocycles. The summed E-state index contributed by atoms with van der Waals surface area (Å²) in [5.74, 6) is 0.747. The summed E-state index contributed by atoms with van der Waals surface area (Å²) in [5.41, 5.74) is 2.77. The van der Waals surface area contributed by atoms with E-state index in [1.54, 1.807) is 13.2 Å². The fourth-order valence-electron chi connectivity index (χ4n) is 4.20. The van der Waals surface area contributed by atoms with Gasteiger partial charge in [-0.1, -0.05) is 49.7 Å². The first-order valence-corrected chi connectivity index (χ1v) is 12.3. The van der Waals surface area contributed by atoms with Crippen LogP contribution in [0, 0.1) is 0 Å². The predicted molar refractivity (Wildman–Crippen MR) is 140 cm³/mol. The molecular formula is C29H33N3O4. The number of aliphatic hydroxyl groups is 1. The van der Waals surface area contributed by atoms with E-state index in [0.717, 1.165) is 40.8 Å². The van der Waals surface area contributed by atoms with E-state index in [9.17, 15) is 9.90 Å². The normalized spacial score (nSPS) is 12.8. The molecule has 2 aromatic heterocycles. The molecule has 36 heavy (non-hydrogen) atoms. The van der Waals surface area contributed by atoms with Gasteiger partial charge in [0, 0.05) is 30.3 Å². The highest BCUT2D eigenvalue weighted by molar-refractivity contribution is 5.82. The van der Waals surface area contributed by atoms with Gasteiger partial charge in [0.1, 0.15) is 12.4 Å². The fraction of sp³-hybridized carbons (Fsp3) is 0.310. The smallest absolute Gasteiger partial charge is 0.409 e. The van der Waals surface area contributed by atoms with Gasteiger partial charge in [-0.3, -0.25) is 4.98 Å². The number of unbranched alkanes of at least 4 members (excludes halogenated alkanes) is 1. The SMILES string of the molecule is CCCCOC(=O)N(C)C[C@@H](O)[C@H](c1ccccc1)n1ccc2cc(OCc3ccccn3)ccc21. The third-order valence-corrected chi connectivity index (χ3v) is 6.11. The van der Waals surface area contributed by atoms with E-state index in [0.29, 0.717) is 13.2 Å². The molecule has 0 unspecified atom stereocenters. The van der Waals surface area contributed by atoms with Crippen molar-refractivity contribution in [2.45, 2.75) is 38.5 Å². The monoisotopic (exact) mass is 487 g/mol. The summed E-state index contributed by atoms with van der Waals surface area (Å²) in [7, 11) is 1.65. The second kappa shape index (κ2) is 12.2. The van der Waals surface area contributed by atoms with E-state index < -0.39 is 18.2 Å². The molecule has 0 aliphatic heterocycles. The fourth-order valence-corrected chi connectivity index (χ4v) is 4.20. The van der Waals surface area contributed by atoms with Crippen LogP contribution in [0.2, 0.25) is 0 Å². The number of rotatable bonds is 11. The average molecular weight is 488 g/mol. The molecule has 1 amide bonds. The summed E-state index contributed by atoms with van der Waals surface area (Å²) < 4.78 is 13.3. The van der Waals surface area contributed by atoms with E-state index in [2.05, 4.69) is 4.98 Å². The number of aliphatic hydroxyl groups excluding tert-OH is 1. The van der Waals surface area contributed by atoms with Crippen LogP contribution >= 0.6 is 0 Å². The standard InChI is InChI=1S/C29H33N3O4/c1-3-4-18-35-29(34)31(2)20-27(33)28(22-10-6-5-7-11-22)32-17-15-23-19-25(13-14-26(23)32)36-21-24-12-8-9-16-30-24/h5-17,19,27-28,33H,3-4,18,20-21H2,1-2H3/t27-,28+/m1/s1. The molecule has 188 valence electrons. The number of ether oxygens (including phenoxy) is 2. The lowest BCUT2D eigenvalue weighted by molar-refractivity contribution is 0.0680. The Hall–Kier alpha value is -3.84. The quantitative estimate of drug-likeness (QED) is 0.285. The molecule has 7 nitrogen and oxygen atoms in total. The molecule has 2 atom stereocenters. The number of hydrogen-bond donors (Lipinski definition) is 1. The predicted octanol–water partition coefficient (Wildman–Crippen LogP) is 5.43. The van der Waals surface area contributed by atoms with Gasteiger partial charge < -0.3 is 24.0 Å². The van der Waals surface area contributed by atoms with Gasteiger partial charge in [0.15, 0.2) is 0 Å². The van der Waals surface area contributed by atoms with E-state index in [4.69, 9.17) is 9.47 Å². The Balaban J connectivity index is 1.55. The average Bonchev–Trinajstić information content (AvgIpc) is 3.31. The highest BCUT2D eigenvalue weighted by Gasteiger charge is 2.27. The zero-order valence-corrected chi connectivity index (χ0v) is 20.8. The first-order chi connectivity index (χ1) is 17.6. The second-order valence-electron chi connectivity index (χ2n) is 8.82. The number of pyridine rings is 1. The lowest BCUT2D eigenvalue weighted by Gasteiger charge is -2.29. The summed E-state index contributed by atoms with van der Waals surface area (Å²) in [6.07, 6.45) is 4.20. The van der Waals surface area contributed by atoms with Crippen LogP contribution in [0.5, 0.6) is 5.75 Å². The van der Waals surface area contributed by atoms with Crippen molar-refractivity contribution in [1.29, 1.82) is 0 Å². The number of benzene rings is 2. The van der Waals surface area contributed by atoms with Crippen LogP contribution in [-0.2, 0) is 11.3 Å². The Bertz CT molecular complexity index is 1240. The molecule has 0 saturated carbocycles. The molecule has 2 heterocycles. The minimum Gasteiger partial charge on any atom is -0.487 e. The molecule has 4 rings (SSSR count). The van der Waals surface area contributed by atoms with Gasteiger partial charge in [-0.25, -0.2) is 4.79 Å². The minimum atomic E-state index is -0.855. The zero-order valence-electron chi connectivity index (χ0n) is 20.8. The van der Waals surface area contributed by atoms with Crippen LogP contribution in [0.1, 0.15) is 37.1 Å². The van der Waals surface area contributed by atoms with Crippen LogP contribution in [0.4, 0.5) is 4.79 Å². The van der Waals surface area contributed by atoms with Crippen molar-refractivity contribution in [2.24, 2.45) is 0 Å². The topological polar surface area (TPSA) is 76.8 Å². The van der Waals surface area contributed by atoms with Gasteiger partial charge in [0.25, 0.3) is 0 Å². The lowest BCUT2D eigenvalue weighted by Crippen LogP contribution is -2.39. The van der Waals surface area contributed by atoms with Gasteiger partial charge in [0.2, 0.25) is 0 Å². The van der Waals surface area contributed by atoms with Crippen molar-refractivity contribution in [1.82, 2.24) is 14.5 Å². The maximum absolute atomic E-state index is 12.4. The van der Waals surface area contributed by atoms with Crippen molar-refractivity contribution < 1.29 is 19.4 Å². The number of fused-ring (bicyclic) bond motifs is 1. The molecule has 0 radical (unpaired) electrons. The van der Waals surface area contributed by atoms with Gasteiger partial charge in [-0.2, -0.15) is 0 Å². The highest BCUT2D eigenvalue weighted by atomic mass is 16.6. The Kier molecular flexibility index (Phi) is 8.57. The number of nitrogens with zero attached hydrogens (tertiary/aromatic N) is 3. The van der Waals surface area contributed by atoms with Crippen molar-refractivity contribution in [3.05, 3.63) is 96.4 Å². The van der Waals surface area contributed by atoms with Gasteiger partial charge in [0.05, 0.1) is 31.0 Å². The molecule has 0 fully saturated rings. The van der Waals surface area contributed by atoms with Crippen LogP contribution in [0.25, 0.3) is 10.9 Å². The maximum atomic E-state index is 12.4. The van der Waals surface area contributed by atoms with E-state index in [1.807, 2.05) is 90.5 Å². The summed E-state index contributed by atoms with van der Waals surface area (Å²) >= 11 is 0. The molecule has 0 aliphatic rings. The Labute approximate surface area is 211 Å². The molecule has 2 aromatic carbocycles. The van der Waals surface area contributed by atoms with Crippen LogP contribution in [0.3, 0.4) is 0 Å². The molecule has 0 spiro atoms. The van der Waals surface area contributed by atoms with E-state index in [-0.39, 0.29) is 6.54 Å². The van der Waals surface area contributed by atoms with E-state index >= 15 is 0 Å². The molecule has 4 aromatic rings. The van der Waals surface area contributed by atoms with Crippen molar-refractivity contribution >= 4 is 17.0 Å². The molecular weight excluding hydrogens is 454 g/mol.